The third-order valence-electron chi connectivity index (χ3n) is 4.47. The number of benzene rings is 1. The number of hydrogen-bond acceptors (Lipinski definition) is 4. The molecule has 1 aromatic carbocycles. The summed E-state index contributed by atoms with van der Waals surface area (Å²) in [5, 5.41) is 4.27. The van der Waals surface area contributed by atoms with E-state index in [0.717, 1.165) is 16.8 Å². The average molecular weight is 342 g/mol. The fraction of sp³-hybridized carbons (Fsp3) is 0.0526. The minimum atomic E-state index is 0.365. The summed E-state index contributed by atoms with van der Waals surface area (Å²) in [6.07, 6.45) is 5.26. The van der Waals surface area contributed by atoms with E-state index in [0.29, 0.717) is 18.0 Å². The molecule has 7 nitrogen and oxygen atoms in total. The standard InChI is InChI=1S/C19H16N7/c20-18-19-22-13-24(26(19)23-12-21-18)11-15-10-16-8-4-5-9-25(16)17(15)14-6-2-1-3-7-14/h1-10,12-13H,11H2,(H2,20,21,23)/q+1. The highest BCUT2D eigenvalue weighted by Crippen LogP contribution is 2.27. The van der Waals surface area contributed by atoms with Crippen LogP contribution in [0.2, 0.25) is 0 Å². The maximum absolute atomic E-state index is 5.89. The second-order valence-electron chi connectivity index (χ2n) is 6.08. The Morgan fingerprint density at radius 3 is 2.73 bits per heavy atom. The molecule has 5 rings (SSSR count). The van der Waals surface area contributed by atoms with Crippen LogP contribution in [0.25, 0.3) is 22.4 Å². The van der Waals surface area contributed by atoms with Gasteiger partial charge in [-0.2, -0.15) is 9.67 Å². The van der Waals surface area contributed by atoms with E-state index in [-0.39, 0.29) is 0 Å². The van der Waals surface area contributed by atoms with Crippen molar-refractivity contribution in [3.8, 4) is 11.3 Å². The van der Waals surface area contributed by atoms with Crippen molar-refractivity contribution in [2.24, 2.45) is 0 Å². The second kappa shape index (κ2) is 5.66. The fourth-order valence-corrected chi connectivity index (χ4v) is 3.33. The van der Waals surface area contributed by atoms with Crippen molar-refractivity contribution in [1.82, 2.24) is 24.1 Å². The van der Waals surface area contributed by atoms with E-state index in [1.165, 1.54) is 11.9 Å². The van der Waals surface area contributed by atoms with Crippen LogP contribution in [0, 0.1) is 0 Å². The lowest BCUT2D eigenvalue weighted by Crippen LogP contribution is -2.40. The summed E-state index contributed by atoms with van der Waals surface area (Å²) >= 11 is 0. The minimum Gasteiger partial charge on any atom is -0.379 e. The molecule has 126 valence electrons. The Morgan fingerprint density at radius 1 is 1.00 bits per heavy atom. The number of anilines is 1. The highest BCUT2D eigenvalue weighted by atomic mass is 15.5. The normalized spacial score (nSPS) is 11.4. The van der Waals surface area contributed by atoms with Gasteiger partial charge in [0.2, 0.25) is 12.7 Å². The number of hydrogen-bond donors (Lipinski definition) is 1. The van der Waals surface area contributed by atoms with Gasteiger partial charge in [0.1, 0.15) is 6.54 Å². The number of pyridine rings is 1. The third-order valence-corrected chi connectivity index (χ3v) is 4.47. The summed E-state index contributed by atoms with van der Waals surface area (Å²) in [6.45, 7) is 0.615. The predicted octanol–water partition coefficient (Wildman–Crippen LogP) is 1.96. The van der Waals surface area contributed by atoms with Crippen molar-refractivity contribution in [3.05, 3.63) is 79.0 Å². The van der Waals surface area contributed by atoms with E-state index >= 15 is 0 Å². The van der Waals surface area contributed by atoms with Crippen LogP contribution in [-0.4, -0.2) is 24.1 Å². The van der Waals surface area contributed by atoms with Crippen LogP contribution in [0.4, 0.5) is 5.82 Å². The topological polar surface area (TPSA) is 77.4 Å². The van der Waals surface area contributed by atoms with Gasteiger partial charge in [-0.05, 0) is 33.5 Å². The Kier molecular flexibility index (Phi) is 3.18. The molecule has 26 heavy (non-hydrogen) atoms. The zero-order chi connectivity index (χ0) is 17.5. The van der Waals surface area contributed by atoms with E-state index < -0.39 is 0 Å². The molecule has 0 aliphatic carbocycles. The van der Waals surface area contributed by atoms with Gasteiger partial charge in [-0.15, -0.1) is 0 Å². The molecule has 0 fully saturated rings. The quantitative estimate of drug-likeness (QED) is 0.509. The van der Waals surface area contributed by atoms with Gasteiger partial charge in [-0.3, -0.25) is 0 Å². The fourth-order valence-electron chi connectivity index (χ4n) is 3.33. The van der Waals surface area contributed by atoms with E-state index in [1.54, 1.807) is 11.0 Å². The molecular weight excluding hydrogens is 326 g/mol. The highest BCUT2D eigenvalue weighted by Gasteiger charge is 2.18. The second-order valence-corrected chi connectivity index (χ2v) is 6.08. The lowest BCUT2D eigenvalue weighted by molar-refractivity contribution is -0.759. The van der Waals surface area contributed by atoms with Crippen LogP contribution in [-0.2, 0) is 6.54 Å². The Morgan fingerprint density at radius 2 is 1.85 bits per heavy atom. The number of nitrogens with two attached hydrogens (primary N) is 1. The SMILES string of the molecule is Nc1ncnn2c1nc[n+]2Cc1cc2ccccn2c1-c1ccccc1. The first-order valence-corrected chi connectivity index (χ1v) is 8.29. The molecule has 0 radical (unpaired) electrons. The molecule has 0 saturated heterocycles. The Balaban J connectivity index is 1.70. The average Bonchev–Trinajstić information content (AvgIpc) is 3.25. The first kappa shape index (κ1) is 14.6. The van der Waals surface area contributed by atoms with Gasteiger partial charge in [0.15, 0.2) is 5.82 Å². The molecule has 2 N–H and O–H groups in total. The summed E-state index contributed by atoms with van der Waals surface area (Å²) in [6, 6.07) is 18.8. The Bertz CT molecular complexity index is 1220. The smallest absolute Gasteiger partial charge is 0.316 e. The van der Waals surface area contributed by atoms with E-state index in [2.05, 4.69) is 62.1 Å². The van der Waals surface area contributed by atoms with Crippen LogP contribution in [0.5, 0.6) is 0 Å². The summed E-state index contributed by atoms with van der Waals surface area (Å²) < 4.78 is 5.81. The molecular formula is C19H16N7+. The zero-order valence-electron chi connectivity index (χ0n) is 13.9. The van der Waals surface area contributed by atoms with Gasteiger partial charge in [0, 0.05) is 17.3 Å². The monoisotopic (exact) mass is 342 g/mol. The molecule has 7 heteroatoms. The van der Waals surface area contributed by atoms with Crippen LogP contribution < -0.4 is 10.4 Å². The molecule has 0 amide bonds. The maximum Gasteiger partial charge on any atom is 0.316 e. The van der Waals surface area contributed by atoms with Gasteiger partial charge >= 0.3 is 5.65 Å². The molecule has 4 heterocycles. The molecule has 4 aromatic heterocycles. The summed E-state index contributed by atoms with van der Waals surface area (Å²) in [7, 11) is 0. The number of fused-ring (bicyclic) bond motifs is 2. The number of rotatable bonds is 3. The van der Waals surface area contributed by atoms with Crippen LogP contribution in [0.1, 0.15) is 5.56 Å². The molecule has 0 spiro atoms. The van der Waals surface area contributed by atoms with Gasteiger partial charge in [-0.25, -0.2) is 0 Å². The Labute approximate surface area is 149 Å². The Hall–Kier alpha value is -3.74. The number of nitrogens with zero attached hydrogens (tertiary/aromatic N) is 6. The summed E-state index contributed by atoms with van der Waals surface area (Å²) in [5.41, 5.74) is 11.1. The van der Waals surface area contributed by atoms with E-state index in [9.17, 15) is 0 Å². The summed E-state index contributed by atoms with van der Waals surface area (Å²) in [5.74, 6) is 0.365. The van der Waals surface area contributed by atoms with E-state index in [1.807, 2.05) is 22.9 Å². The van der Waals surface area contributed by atoms with Gasteiger partial charge in [0.25, 0.3) is 0 Å². The zero-order valence-corrected chi connectivity index (χ0v) is 13.9. The molecule has 0 aliphatic rings. The molecule has 0 bridgehead atoms. The van der Waals surface area contributed by atoms with Crippen molar-refractivity contribution in [2.75, 3.05) is 5.73 Å². The largest absolute Gasteiger partial charge is 0.379 e. The minimum absolute atomic E-state index is 0.365. The van der Waals surface area contributed by atoms with E-state index in [4.69, 9.17) is 5.73 Å². The highest BCUT2D eigenvalue weighted by molar-refractivity contribution is 5.71. The first-order valence-electron chi connectivity index (χ1n) is 8.29. The van der Waals surface area contributed by atoms with Gasteiger partial charge in [0.05, 0.1) is 5.69 Å². The molecule has 0 saturated carbocycles. The third kappa shape index (κ3) is 2.21. The van der Waals surface area contributed by atoms with Crippen molar-refractivity contribution < 1.29 is 4.68 Å². The van der Waals surface area contributed by atoms with Crippen LogP contribution >= 0.6 is 0 Å². The molecule has 0 atom stereocenters. The molecule has 0 unspecified atom stereocenters. The van der Waals surface area contributed by atoms with Crippen molar-refractivity contribution in [2.45, 2.75) is 6.54 Å². The van der Waals surface area contributed by atoms with Gasteiger partial charge in [-0.1, -0.05) is 41.4 Å². The number of nitrogen functional groups attached to an aromatic ring is 1. The van der Waals surface area contributed by atoms with Gasteiger partial charge < -0.3 is 10.1 Å². The predicted molar refractivity (Wildman–Crippen MR) is 97.3 cm³/mol. The van der Waals surface area contributed by atoms with Crippen molar-refractivity contribution in [1.29, 1.82) is 0 Å². The molecule has 5 aromatic rings. The van der Waals surface area contributed by atoms with Crippen molar-refractivity contribution in [3.63, 3.8) is 0 Å². The maximum atomic E-state index is 5.89. The number of aromatic nitrogens is 6. The lowest BCUT2D eigenvalue weighted by atomic mass is 10.1. The lowest BCUT2D eigenvalue weighted by Gasteiger charge is -2.06. The summed E-state index contributed by atoms with van der Waals surface area (Å²) in [4.78, 5) is 8.33. The van der Waals surface area contributed by atoms with Crippen LogP contribution in [0.3, 0.4) is 0 Å². The first-order chi connectivity index (χ1) is 12.8. The molecule has 0 aliphatic heterocycles. The van der Waals surface area contributed by atoms with Crippen molar-refractivity contribution >= 4 is 17.0 Å². The van der Waals surface area contributed by atoms with Crippen LogP contribution in [0.15, 0.2) is 73.4 Å².